The maximum absolute atomic E-state index is 12.7. The van der Waals surface area contributed by atoms with Crippen LogP contribution in [0.2, 0.25) is 5.02 Å². The molecule has 3 heterocycles. The first-order valence-corrected chi connectivity index (χ1v) is 13.0. The monoisotopic (exact) mass is 534 g/mol. The molecule has 5 rings (SSSR count). The van der Waals surface area contributed by atoms with Gasteiger partial charge in [-0.3, -0.25) is 14.3 Å². The highest BCUT2D eigenvalue weighted by atomic mass is 35.5. The fourth-order valence-electron chi connectivity index (χ4n) is 3.41. The molecule has 3 aromatic heterocycles. The van der Waals surface area contributed by atoms with Crippen LogP contribution in [0.25, 0.3) is 28.3 Å². The number of para-hydroxylation sites is 1. The summed E-state index contributed by atoms with van der Waals surface area (Å²) >= 11 is 9.12. The summed E-state index contributed by atoms with van der Waals surface area (Å²) in [5.41, 5.74) is 3.23. The van der Waals surface area contributed by atoms with Crippen molar-refractivity contribution in [2.45, 2.75) is 5.16 Å². The second-order valence-electron chi connectivity index (χ2n) is 7.44. The summed E-state index contributed by atoms with van der Waals surface area (Å²) < 4.78 is 7.03. The van der Waals surface area contributed by atoms with Crippen LogP contribution in [-0.2, 0) is 4.79 Å². The Balaban J connectivity index is 1.32. The first-order valence-electron chi connectivity index (χ1n) is 10.8. The summed E-state index contributed by atoms with van der Waals surface area (Å²) in [4.78, 5) is 21.4. The third kappa shape index (κ3) is 5.25. The summed E-state index contributed by atoms with van der Waals surface area (Å²) in [7, 11) is 1.63. The van der Waals surface area contributed by atoms with Crippen molar-refractivity contribution in [1.29, 1.82) is 0 Å². The Morgan fingerprint density at radius 1 is 1.08 bits per heavy atom. The fraction of sp³-hybridized carbons (Fsp3) is 0.0800. The number of pyridine rings is 1. The van der Waals surface area contributed by atoms with Crippen molar-refractivity contribution >= 4 is 45.7 Å². The van der Waals surface area contributed by atoms with Crippen molar-refractivity contribution in [3.63, 3.8) is 0 Å². The van der Waals surface area contributed by atoms with Gasteiger partial charge in [0.05, 0.1) is 29.3 Å². The van der Waals surface area contributed by atoms with Crippen molar-refractivity contribution in [3.05, 3.63) is 83.5 Å². The van der Waals surface area contributed by atoms with Crippen molar-refractivity contribution in [2.75, 3.05) is 18.2 Å². The molecule has 0 aliphatic rings. The molecule has 5 aromatic rings. The van der Waals surface area contributed by atoms with Gasteiger partial charge in [-0.1, -0.05) is 35.5 Å². The van der Waals surface area contributed by atoms with Crippen molar-refractivity contribution in [2.24, 2.45) is 0 Å². The molecule has 0 radical (unpaired) electrons. The average Bonchev–Trinajstić information content (AvgIpc) is 3.56. The standard InChI is InChI=1S/C25H19ClN6O2S2/c1-34-18-10-8-16(9-11-18)20-14-35-24(28-20)29-22(33)15-36-25-31-30-23(17-5-4-12-27-13-17)32(25)21-7-3-2-6-19(21)26/h2-14H,15H2,1H3,(H,28,29,33). The number of amides is 1. The van der Waals surface area contributed by atoms with Crippen LogP contribution < -0.4 is 10.1 Å². The predicted octanol–water partition coefficient (Wildman–Crippen LogP) is 5.85. The zero-order valence-corrected chi connectivity index (χ0v) is 21.3. The molecule has 0 aliphatic carbocycles. The number of hydrogen-bond acceptors (Lipinski definition) is 8. The van der Waals surface area contributed by atoms with E-state index in [0.29, 0.717) is 21.1 Å². The van der Waals surface area contributed by atoms with Gasteiger partial charge in [-0.05, 0) is 48.5 Å². The van der Waals surface area contributed by atoms with Crippen LogP contribution in [0.5, 0.6) is 5.75 Å². The Morgan fingerprint density at radius 2 is 1.92 bits per heavy atom. The Kier molecular flexibility index (Phi) is 7.26. The number of carbonyl (C=O) groups is 1. The number of thioether (sulfide) groups is 1. The maximum atomic E-state index is 12.7. The van der Waals surface area contributed by atoms with Gasteiger partial charge in [0, 0.05) is 28.9 Å². The van der Waals surface area contributed by atoms with Crippen LogP contribution in [0.15, 0.2) is 83.6 Å². The van der Waals surface area contributed by atoms with E-state index in [9.17, 15) is 4.79 Å². The molecular formula is C25H19ClN6O2S2. The molecule has 1 N–H and O–H groups in total. The van der Waals surface area contributed by atoms with Crippen molar-refractivity contribution in [3.8, 4) is 34.1 Å². The Labute approximate surface area is 220 Å². The molecule has 0 atom stereocenters. The summed E-state index contributed by atoms with van der Waals surface area (Å²) in [5.74, 6) is 1.28. The van der Waals surface area contributed by atoms with E-state index >= 15 is 0 Å². The maximum Gasteiger partial charge on any atom is 0.236 e. The zero-order valence-electron chi connectivity index (χ0n) is 19.0. The van der Waals surface area contributed by atoms with Gasteiger partial charge in [0.2, 0.25) is 5.91 Å². The number of nitrogens with one attached hydrogen (secondary N) is 1. The first kappa shape index (κ1) is 24.0. The Bertz CT molecular complexity index is 1490. The number of halogens is 1. The molecule has 8 nitrogen and oxygen atoms in total. The molecule has 0 bridgehead atoms. The molecule has 0 fully saturated rings. The minimum absolute atomic E-state index is 0.118. The SMILES string of the molecule is COc1ccc(-c2csc(NC(=O)CSc3nnc(-c4cccnc4)n3-c3ccccc3Cl)n2)cc1. The largest absolute Gasteiger partial charge is 0.497 e. The highest BCUT2D eigenvalue weighted by Gasteiger charge is 2.19. The molecule has 11 heteroatoms. The van der Waals surface area contributed by atoms with Crippen LogP contribution in [0.1, 0.15) is 0 Å². The Hall–Kier alpha value is -3.73. The molecule has 0 unspecified atom stereocenters. The minimum Gasteiger partial charge on any atom is -0.497 e. The smallest absolute Gasteiger partial charge is 0.236 e. The summed E-state index contributed by atoms with van der Waals surface area (Å²) in [6.07, 6.45) is 3.40. The van der Waals surface area contributed by atoms with Crippen LogP contribution >= 0.6 is 34.7 Å². The number of hydrogen-bond donors (Lipinski definition) is 1. The lowest BCUT2D eigenvalue weighted by Gasteiger charge is -2.11. The van der Waals surface area contributed by atoms with Crippen LogP contribution in [0, 0.1) is 0 Å². The first-order chi connectivity index (χ1) is 17.6. The number of rotatable bonds is 8. The van der Waals surface area contributed by atoms with Gasteiger partial charge in [-0.15, -0.1) is 21.5 Å². The molecular weight excluding hydrogens is 516 g/mol. The number of carbonyl (C=O) groups excluding carboxylic acids is 1. The molecule has 0 saturated carbocycles. The van der Waals surface area contributed by atoms with Crippen LogP contribution in [0.4, 0.5) is 5.13 Å². The topological polar surface area (TPSA) is 94.8 Å². The molecule has 0 saturated heterocycles. The second-order valence-corrected chi connectivity index (χ2v) is 9.65. The van der Waals surface area contributed by atoms with E-state index in [1.165, 1.54) is 23.1 Å². The number of ether oxygens (including phenoxy) is 1. The lowest BCUT2D eigenvalue weighted by molar-refractivity contribution is -0.113. The third-order valence-electron chi connectivity index (χ3n) is 5.12. The minimum atomic E-state index is -0.202. The summed E-state index contributed by atoms with van der Waals surface area (Å²) in [5, 5.41) is 15.1. The van der Waals surface area contributed by atoms with E-state index in [0.717, 1.165) is 28.3 Å². The summed E-state index contributed by atoms with van der Waals surface area (Å²) in [6, 6.07) is 18.8. The molecule has 1 amide bonds. The number of thiazole rings is 1. The van der Waals surface area contributed by atoms with Gasteiger partial charge in [-0.2, -0.15) is 0 Å². The van der Waals surface area contributed by atoms with E-state index in [-0.39, 0.29) is 11.7 Å². The molecule has 0 spiro atoms. The highest BCUT2D eigenvalue weighted by molar-refractivity contribution is 7.99. The predicted molar refractivity (Wildman–Crippen MR) is 143 cm³/mol. The van der Waals surface area contributed by atoms with Crippen LogP contribution in [-0.4, -0.2) is 43.5 Å². The van der Waals surface area contributed by atoms with Gasteiger partial charge < -0.3 is 10.1 Å². The van der Waals surface area contributed by atoms with E-state index in [4.69, 9.17) is 16.3 Å². The van der Waals surface area contributed by atoms with Gasteiger partial charge in [0.1, 0.15) is 5.75 Å². The third-order valence-corrected chi connectivity index (χ3v) is 7.12. The molecule has 0 aliphatic heterocycles. The Morgan fingerprint density at radius 3 is 2.67 bits per heavy atom. The number of methoxy groups -OCH3 is 1. The molecule has 2 aromatic carbocycles. The zero-order chi connectivity index (χ0) is 24.9. The molecule has 180 valence electrons. The number of aromatic nitrogens is 5. The van der Waals surface area contributed by atoms with E-state index in [1.54, 1.807) is 25.6 Å². The number of nitrogens with zero attached hydrogens (tertiary/aromatic N) is 5. The highest BCUT2D eigenvalue weighted by Crippen LogP contribution is 2.31. The quantitative estimate of drug-likeness (QED) is 0.250. The van der Waals surface area contributed by atoms with Crippen molar-refractivity contribution < 1.29 is 9.53 Å². The van der Waals surface area contributed by atoms with Gasteiger partial charge in [0.25, 0.3) is 0 Å². The average molecular weight is 535 g/mol. The number of anilines is 1. The van der Waals surface area contributed by atoms with Gasteiger partial charge in [-0.25, -0.2) is 4.98 Å². The summed E-state index contributed by atoms with van der Waals surface area (Å²) in [6.45, 7) is 0. The molecule has 36 heavy (non-hydrogen) atoms. The fourth-order valence-corrected chi connectivity index (χ4v) is 5.11. The van der Waals surface area contributed by atoms with Gasteiger partial charge in [0.15, 0.2) is 16.1 Å². The van der Waals surface area contributed by atoms with Gasteiger partial charge >= 0.3 is 0 Å². The number of benzene rings is 2. The van der Waals surface area contributed by atoms with E-state index < -0.39 is 0 Å². The van der Waals surface area contributed by atoms with Crippen molar-refractivity contribution in [1.82, 2.24) is 24.7 Å². The second kappa shape index (κ2) is 10.9. The lowest BCUT2D eigenvalue weighted by Crippen LogP contribution is -2.14. The van der Waals surface area contributed by atoms with Crippen LogP contribution in [0.3, 0.4) is 0 Å². The normalized spacial score (nSPS) is 10.8. The lowest BCUT2D eigenvalue weighted by atomic mass is 10.2. The van der Waals surface area contributed by atoms with E-state index in [2.05, 4.69) is 25.5 Å². The van der Waals surface area contributed by atoms with E-state index in [1.807, 2.05) is 64.5 Å².